The molecule has 1 N–H and O–H groups in total. The van der Waals surface area contributed by atoms with Crippen LogP contribution in [0.1, 0.15) is 12.0 Å². The Labute approximate surface area is 106 Å². The number of methoxy groups -OCH3 is 1. The highest BCUT2D eigenvalue weighted by Crippen LogP contribution is 2.28. The predicted octanol–water partition coefficient (Wildman–Crippen LogP) is 1.74. The smallest absolute Gasteiger partial charge is 0.147 e. The van der Waals surface area contributed by atoms with Crippen LogP contribution in [0.15, 0.2) is 18.2 Å². The molecule has 0 aliphatic carbocycles. The Hall–Kier alpha value is -1.77. The zero-order valence-corrected chi connectivity index (χ0v) is 10.3. The molecule has 5 nitrogen and oxygen atoms in total. The molecule has 0 amide bonds. The third kappa shape index (κ3) is 2.92. The van der Waals surface area contributed by atoms with Gasteiger partial charge in [0.25, 0.3) is 0 Å². The number of nitriles is 1. The van der Waals surface area contributed by atoms with Crippen molar-refractivity contribution in [2.75, 3.05) is 32.4 Å². The summed E-state index contributed by atoms with van der Waals surface area (Å²) in [7, 11) is 1.59. The quantitative estimate of drug-likeness (QED) is 0.879. The van der Waals surface area contributed by atoms with E-state index in [1.807, 2.05) is 6.07 Å². The molecule has 1 aromatic rings. The highest BCUT2D eigenvalue weighted by molar-refractivity contribution is 5.66. The Balaban J connectivity index is 2.05. The molecule has 0 spiro atoms. The van der Waals surface area contributed by atoms with Crippen LogP contribution >= 0.6 is 0 Å². The molecule has 1 aliphatic heterocycles. The number of ether oxygens (including phenoxy) is 3. The fourth-order valence-corrected chi connectivity index (χ4v) is 1.86. The molecule has 1 aromatic carbocycles. The van der Waals surface area contributed by atoms with E-state index in [2.05, 4.69) is 11.4 Å². The van der Waals surface area contributed by atoms with Crippen LogP contribution in [-0.2, 0) is 9.47 Å². The third-order valence-electron chi connectivity index (χ3n) is 2.84. The molecule has 1 atom stereocenters. The van der Waals surface area contributed by atoms with E-state index < -0.39 is 0 Å². The summed E-state index contributed by atoms with van der Waals surface area (Å²) in [4.78, 5) is 0. The van der Waals surface area contributed by atoms with E-state index in [1.54, 1.807) is 19.2 Å². The van der Waals surface area contributed by atoms with Crippen molar-refractivity contribution in [3.05, 3.63) is 23.8 Å². The first-order chi connectivity index (χ1) is 8.85. The van der Waals surface area contributed by atoms with Gasteiger partial charge in [0.1, 0.15) is 18.6 Å². The molecule has 0 aromatic heterocycles. The molecule has 0 saturated carbocycles. The van der Waals surface area contributed by atoms with E-state index in [0.717, 1.165) is 12.1 Å². The number of nitrogens with one attached hydrogen (secondary N) is 1. The largest absolute Gasteiger partial charge is 0.495 e. The van der Waals surface area contributed by atoms with Gasteiger partial charge in [-0.2, -0.15) is 5.26 Å². The summed E-state index contributed by atoms with van der Waals surface area (Å²) >= 11 is 0. The van der Waals surface area contributed by atoms with Crippen molar-refractivity contribution in [2.45, 2.75) is 12.5 Å². The molecule has 2 rings (SSSR count). The standard InChI is InChI=1S/C13H16N2O3/c1-16-12-4-2-3-10(7-14)13(12)15-8-11-5-6-17-9-18-11/h2-4,11,15H,5-6,8-9H2,1H3. The maximum Gasteiger partial charge on any atom is 0.147 e. The zero-order valence-electron chi connectivity index (χ0n) is 10.3. The molecule has 5 heteroatoms. The number of hydrogen-bond acceptors (Lipinski definition) is 5. The van der Waals surface area contributed by atoms with Crippen molar-refractivity contribution >= 4 is 5.69 Å². The van der Waals surface area contributed by atoms with Crippen molar-refractivity contribution in [3.8, 4) is 11.8 Å². The number of nitrogens with zero attached hydrogens (tertiary/aromatic N) is 1. The number of rotatable bonds is 4. The van der Waals surface area contributed by atoms with E-state index in [0.29, 0.717) is 31.3 Å². The normalized spacial score (nSPS) is 19.0. The molecule has 96 valence electrons. The molecular formula is C13H16N2O3. The van der Waals surface area contributed by atoms with E-state index in [1.165, 1.54) is 0 Å². The van der Waals surface area contributed by atoms with Crippen LogP contribution in [0.25, 0.3) is 0 Å². The lowest BCUT2D eigenvalue weighted by Gasteiger charge is -2.24. The maximum atomic E-state index is 9.08. The highest BCUT2D eigenvalue weighted by atomic mass is 16.7. The summed E-state index contributed by atoms with van der Waals surface area (Å²) in [6.45, 7) is 1.69. The van der Waals surface area contributed by atoms with Crippen LogP contribution in [-0.4, -0.2) is 33.2 Å². The predicted molar refractivity (Wildman–Crippen MR) is 66.5 cm³/mol. The van der Waals surface area contributed by atoms with Gasteiger partial charge in [-0.05, 0) is 18.6 Å². The molecule has 18 heavy (non-hydrogen) atoms. The summed E-state index contributed by atoms with van der Waals surface area (Å²) in [5.41, 5.74) is 1.29. The van der Waals surface area contributed by atoms with Gasteiger partial charge in [-0.1, -0.05) is 6.07 Å². The highest BCUT2D eigenvalue weighted by Gasteiger charge is 2.16. The van der Waals surface area contributed by atoms with Crippen LogP contribution < -0.4 is 10.1 Å². The van der Waals surface area contributed by atoms with Gasteiger partial charge in [-0.15, -0.1) is 0 Å². The fourth-order valence-electron chi connectivity index (χ4n) is 1.86. The first-order valence-electron chi connectivity index (χ1n) is 5.85. The Kier molecular flexibility index (Phi) is 4.40. The second kappa shape index (κ2) is 6.24. The monoisotopic (exact) mass is 248 g/mol. The Morgan fingerprint density at radius 3 is 3.11 bits per heavy atom. The van der Waals surface area contributed by atoms with Gasteiger partial charge in [0.2, 0.25) is 0 Å². The van der Waals surface area contributed by atoms with Crippen LogP contribution in [0.2, 0.25) is 0 Å². The van der Waals surface area contributed by atoms with Crippen LogP contribution in [0.4, 0.5) is 5.69 Å². The van der Waals surface area contributed by atoms with Gasteiger partial charge in [0.05, 0.1) is 31.1 Å². The lowest BCUT2D eigenvalue weighted by molar-refractivity contribution is -0.133. The van der Waals surface area contributed by atoms with E-state index in [9.17, 15) is 0 Å². The SMILES string of the molecule is COc1cccc(C#N)c1NCC1CCOCO1. The van der Waals surface area contributed by atoms with Gasteiger partial charge in [0.15, 0.2) is 0 Å². The van der Waals surface area contributed by atoms with Gasteiger partial charge < -0.3 is 19.5 Å². The van der Waals surface area contributed by atoms with Crippen LogP contribution in [0, 0.1) is 11.3 Å². The minimum atomic E-state index is 0.107. The average Bonchev–Trinajstić information content (AvgIpc) is 2.45. The molecule has 0 radical (unpaired) electrons. The van der Waals surface area contributed by atoms with Crippen molar-refractivity contribution in [1.82, 2.24) is 0 Å². The number of hydrogen-bond donors (Lipinski definition) is 1. The van der Waals surface area contributed by atoms with Crippen LogP contribution in [0.3, 0.4) is 0 Å². The van der Waals surface area contributed by atoms with E-state index in [-0.39, 0.29) is 6.10 Å². The molecule has 1 saturated heterocycles. The van der Waals surface area contributed by atoms with E-state index in [4.69, 9.17) is 19.5 Å². The number of para-hydroxylation sites is 1. The van der Waals surface area contributed by atoms with Gasteiger partial charge in [0, 0.05) is 6.54 Å². The summed E-state index contributed by atoms with van der Waals surface area (Å²) in [5, 5.41) is 12.3. The Bertz CT molecular complexity index is 436. The molecule has 0 bridgehead atoms. The molecule has 1 aliphatic rings. The lowest BCUT2D eigenvalue weighted by atomic mass is 10.1. The first kappa shape index (κ1) is 12.7. The van der Waals surface area contributed by atoms with Crippen molar-refractivity contribution < 1.29 is 14.2 Å². The lowest BCUT2D eigenvalue weighted by Crippen LogP contribution is -2.30. The fraction of sp³-hybridized carbons (Fsp3) is 0.462. The maximum absolute atomic E-state index is 9.08. The third-order valence-corrected chi connectivity index (χ3v) is 2.84. The average molecular weight is 248 g/mol. The number of benzene rings is 1. The summed E-state index contributed by atoms with van der Waals surface area (Å²) in [5.74, 6) is 0.668. The summed E-state index contributed by atoms with van der Waals surface area (Å²) in [6, 6.07) is 7.54. The Morgan fingerprint density at radius 2 is 2.44 bits per heavy atom. The zero-order chi connectivity index (χ0) is 12.8. The molecule has 1 fully saturated rings. The van der Waals surface area contributed by atoms with E-state index >= 15 is 0 Å². The van der Waals surface area contributed by atoms with Gasteiger partial charge >= 0.3 is 0 Å². The minimum absolute atomic E-state index is 0.107. The minimum Gasteiger partial charge on any atom is -0.495 e. The summed E-state index contributed by atoms with van der Waals surface area (Å²) in [6.07, 6.45) is 0.958. The van der Waals surface area contributed by atoms with Gasteiger partial charge in [-0.3, -0.25) is 0 Å². The molecular weight excluding hydrogens is 232 g/mol. The molecule has 1 unspecified atom stereocenters. The summed E-state index contributed by atoms with van der Waals surface area (Å²) < 4.78 is 15.8. The van der Waals surface area contributed by atoms with Crippen molar-refractivity contribution in [2.24, 2.45) is 0 Å². The van der Waals surface area contributed by atoms with Crippen LogP contribution in [0.5, 0.6) is 5.75 Å². The van der Waals surface area contributed by atoms with Crippen molar-refractivity contribution in [1.29, 1.82) is 5.26 Å². The molecule has 1 heterocycles. The van der Waals surface area contributed by atoms with Gasteiger partial charge in [-0.25, -0.2) is 0 Å². The van der Waals surface area contributed by atoms with Crippen molar-refractivity contribution in [3.63, 3.8) is 0 Å². The number of anilines is 1. The topological polar surface area (TPSA) is 63.5 Å². The first-order valence-corrected chi connectivity index (χ1v) is 5.85. The Morgan fingerprint density at radius 1 is 1.56 bits per heavy atom. The second-order valence-corrected chi connectivity index (χ2v) is 3.98. The second-order valence-electron chi connectivity index (χ2n) is 3.98.